The Bertz CT molecular complexity index is 1540. The van der Waals surface area contributed by atoms with Crippen LogP contribution < -0.4 is 10.6 Å². The lowest BCUT2D eigenvalue weighted by molar-refractivity contribution is -0.253. The number of esters is 2. The first-order valence-corrected chi connectivity index (χ1v) is 16.8. The number of benzene rings is 3. The molecule has 0 aliphatic carbocycles. The van der Waals surface area contributed by atoms with E-state index >= 15 is 0 Å². The number of aliphatic hydroxyl groups excluding tert-OH is 1. The third kappa shape index (κ3) is 10.1. The second-order valence-electron chi connectivity index (χ2n) is 13.5. The van der Waals surface area contributed by atoms with Gasteiger partial charge in [-0.2, -0.15) is 0 Å². The Morgan fingerprint density at radius 2 is 1.63 bits per heavy atom. The number of aliphatic hydroxyl groups is 1. The van der Waals surface area contributed by atoms with Crippen LogP contribution in [-0.4, -0.2) is 72.0 Å². The first-order chi connectivity index (χ1) is 23.5. The molecular formula is C38H47N3O8. The molecule has 11 heteroatoms. The number of ether oxygens (including phenoxy) is 4. The first kappa shape index (κ1) is 36.0. The van der Waals surface area contributed by atoms with Gasteiger partial charge in [0.2, 0.25) is 0 Å². The molecule has 2 heterocycles. The minimum Gasteiger partial charge on any atom is -0.467 e. The van der Waals surface area contributed by atoms with Crippen molar-refractivity contribution in [2.75, 3.05) is 25.5 Å². The largest absolute Gasteiger partial charge is 0.467 e. The van der Waals surface area contributed by atoms with E-state index < -0.39 is 29.9 Å². The van der Waals surface area contributed by atoms with Crippen LogP contribution in [0.15, 0.2) is 78.9 Å². The smallest absolute Gasteiger partial charge is 0.328 e. The van der Waals surface area contributed by atoms with E-state index in [-0.39, 0.29) is 37.2 Å². The standard InChI is InChI=1S/C38H47N3O8/c1-38(2,3)49-35(44)32-11-8-20-41(32)23-30-22-33(27-14-12-26(24-42)13-15-27)48-36(47-30)28-16-18-29(19-17-28)39-37(45)40-31(34(43)46-4)21-25-9-6-5-7-10-25/h5-7,9-10,12-19,30-33,36,42H,8,11,20-24H2,1-4H3,(H2,39,40,45). The molecule has 5 atom stereocenters. The summed E-state index contributed by atoms with van der Waals surface area (Å²) in [5.74, 6) is -0.753. The normalized spacial score (nSPS) is 21.8. The number of anilines is 1. The van der Waals surface area contributed by atoms with Crippen molar-refractivity contribution in [3.05, 3.63) is 101 Å². The van der Waals surface area contributed by atoms with Gasteiger partial charge in [-0.25, -0.2) is 9.59 Å². The van der Waals surface area contributed by atoms with E-state index in [2.05, 4.69) is 15.5 Å². The minimum absolute atomic E-state index is 0.0457. The second-order valence-corrected chi connectivity index (χ2v) is 13.5. The van der Waals surface area contributed by atoms with Crippen LogP contribution in [0.25, 0.3) is 0 Å². The van der Waals surface area contributed by atoms with Crippen LogP contribution in [0.1, 0.15) is 74.7 Å². The van der Waals surface area contributed by atoms with E-state index in [4.69, 9.17) is 18.9 Å². The molecule has 0 saturated carbocycles. The van der Waals surface area contributed by atoms with Crippen LogP contribution in [0.3, 0.4) is 0 Å². The summed E-state index contributed by atoms with van der Waals surface area (Å²) in [4.78, 5) is 40.5. The fraction of sp³-hybridized carbons (Fsp3) is 0.447. The number of hydrogen-bond donors (Lipinski definition) is 3. The van der Waals surface area contributed by atoms with E-state index in [1.165, 1.54) is 7.11 Å². The third-order valence-corrected chi connectivity index (χ3v) is 8.61. The Morgan fingerprint density at radius 3 is 2.29 bits per heavy atom. The molecule has 5 unspecified atom stereocenters. The number of carbonyl (C=O) groups excluding carboxylic acids is 3. The van der Waals surface area contributed by atoms with E-state index in [0.29, 0.717) is 18.7 Å². The summed E-state index contributed by atoms with van der Waals surface area (Å²) in [5, 5.41) is 15.0. The lowest BCUT2D eigenvalue weighted by Gasteiger charge is -2.38. The third-order valence-electron chi connectivity index (χ3n) is 8.61. The van der Waals surface area contributed by atoms with Crippen LogP contribution in [-0.2, 0) is 41.6 Å². The van der Waals surface area contributed by atoms with Gasteiger partial charge < -0.3 is 34.7 Å². The van der Waals surface area contributed by atoms with Gasteiger partial charge in [0.1, 0.15) is 17.7 Å². The Morgan fingerprint density at radius 1 is 0.939 bits per heavy atom. The maximum Gasteiger partial charge on any atom is 0.328 e. The highest BCUT2D eigenvalue weighted by Gasteiger charge is 2.39. The Hall–Kier alpha value is -4.29. The molecule has 3 aromatic carbocycles. The summed E-state index contributed by atoms with van der Waals surface area (Å²) in [6.07, 6.45) is 1.27. The molecule has 2 amide bonds. The Balaban J connectivity index is 1.27. The summed E-state index contributed by atoms with van der Waals surface area (Å²) in [6.45, 7) is 6.90. The summed E-state index contributed by atoms with van der Waals surface area (Å²) < 4.78 is 23.6. The first-order valence-electron chi connectivity index (χ1n) is 16.8. The van der Waals surface area contributed by atoms with Crippen LogP contribution in [0.2, 0.25) is 0 Å². The molecule has 2 fully saturated rings. The summed E-state index contributed by atoms with van der Waals surface area (Å²) in [5.41, 5.74) is 3.38. The van der Waals surface area contributed by atoms with Crippen LogP contribution in [0.4, 0.5) is 10.5 Å². The highest BCUT2D eigenvalue weighted by Crippen LogP contribution is 2.39. The number of amides is 2. The van der Waals surface area contributed by atoms with Gasteiger partial charge in [0.15, 0.2) is 6.29 Å². The fourth-order valence-corrected chi connectivity index (χ4v) is 6.21. The van der Waals surface area contributed by atoms with Crippen LogP contribution in [0.5, 0.6) is 0 Å². The van der Waals surface area contributed by atoms with Gasteiger partial charge in [-0.3, -0.25) is 9.69 Å². The van der Waals surface area contributed by atoms with Crippen molar-refractivity contribution in [3.8, 4) is 0 Å². The van der Waals surface area contributed by atoms with Crippen molar-refractivity contribution >= 4 is 23.7 Å². The number of carbonyl (C=O) groups is 3. The van der Waals surface area contributed by atoms with Crippen molar-refractivity contribution < 1.29 is 38.4 Å². The molecular weight excluding hydrogens is 626 g/mol. The molecule has 0 radical (unpaired) electrons. The topological polar surface area (TPSA) is 136 Å². The van der Waals surface area contributed by atoms with Gasteiger partial charge in [-0.1, -0.05) is 66.7 Å². The van der Waals surface area contributed by atoms with Gasteiger partial charge >= 0.3 is 18.0 Å². The van der Waals surface area contributed by atoms with Gasteiger partial charge in [-0.05, 0) is 69.0 Å². The molecule has 0 bridgehead atoms. The van der Waals surface area contributed by atoms with E-state index in [1.807, 2.05) is 87.5 Å². The zero-order valence-corrected chi connectivity index (χ0v) is 28.6. The molecule has 11 nitrogen and oxygen atoms in total. The van der Waals surface area contributed by atoms with Gasteiger partial charge in [0.05, 0.1) is 25.9 Å². The van der Waals surface area contributed by atoms with Crippen molar-refractivity contribution in [3.63, 3.8) is 0 Å². The summed E-state index contributed by atoms with van der Waals surface area (Å²) in [6, 6.07) is 22.5. The van der Waals surface area contributed by atoms with E-state index in [1.54, 1.807) is 12.1 Å². The lowest BCUT2D eigenvalue weighted by Crippen LogP contribution is -2.45. The molecule has 0 spiro atoms. The lowest BCUT2D eigenvalue weighted by atomic mass is 9.99. The number of nitrogens with zero attached hydrogens (tertiary/aromatic N) is 1. The molecule has 0 aromatic heterocycles. The van der Waals surface area contributed by atoms with Crippen LogP contribution >= 0.6 is 0 Å². The highest BCUT2D eigenvalue weighted by atomic mass is 16.7. The van der Waals surface area contributed by atoms with Gasteiger partial charge in [0, 0.05) is 30.6 Å². The minimum atomic E-state index is -0.860. The molecule has 3 N–H and O–H groups in total. The quantitative estimate of drug-likeness (QED) is 0.228. The second kappa shape index (κ2) is 16.4. The molecule has 49 heavy (non-hydrogen) atoms. The average molecular weight is 674 g/mol. The van der Waals surface area contributed by atoms with Gasteiger partial charge in [-0.15, -0.1) is 0 Å². The number of likely N-dealkylation sites (tertiary alicyclic amines) is 1. The van der Waals surface area contributed by atoms with Crippen LogP contribution in [0, 0.1) is 0 Å². The molecule has 2 aliphatic heterocycles. The van der Waals surface area contributed by atoms with Crippen molar-refractivity contribution in [2.24, 2.45) is 0 Å². The van der Waals surface area contributed by atoms with Crippen molar-refractivity contribution in [1.29, 1.82) is 0 Å². The maximum absolute atomic E-state index is 13.0. The zero-order valence-electron chi connectivity index (χ0n) is 28.6. The summed E-state index contributed by atoms with van der Waals surface area (Å²) in [7, 11) is 1.29. The number of nitrogens with one attached hydrogen (secondary N) is 2. The van der Waals surface area contributed by atoms with E-state index in [0.717, 1.165) is 41.6 Å². The highest BCUT2D eigenvalue weighted by molar-refractivity contribution is 5.92. The zero-order chi connectivity index (χ0) is 35.0. The number of urea groups is 1. The average Bonchev–Trinajstić information content (AvgIpc) is 3.56. The molecule has 3 aromatic rings. The maximum atomic E-state index is 13.0. The predicted octanol–water partition coefficient (Wildman–Crippen LogP) is 5.44. The van der Waals surface area contributed by atoms with Gasteiger partial charge in [0.25, 0.3) is 0 Å². The number of methoxy groups -OCH3 is 1. The molecule has 262 valence electrons. The van der Waals surface area contributed by atoms with E-state index in [9.17, 15) is 19.5 Å². The SMILES string of the molecule is COC(=O)C(Cc1ccccc1)NC(=O)Nc1ccc(C2OC(CN3CCCC3C(=O)OC(C)(C)C)CC(c3ccc(CO)cc3)O2)cc1. The number of hydrogen-bond acceptors (Lipinski definition) is 9. The molecule has 2 aliphatic rings. The molecule has 5 rings (SSSR count). The Kier molecular flexibility index (Phi) is 12.1. The summed E-state index contributed by atoms with van der Waals surface area (Å²) >= 11 is 0. The monoisotopic (exact) mass is 673 g/mol. The predicted molar refractivity (Wildman–Crippen MR) is 183 cm³/mol. The fourth-order valence-electron chi connectivity index (χ4n) is 6.21. The Labute approximate surface area is 287 Å². The number of rotatable bonds is 11. The van der Waals surface area contributed by atoms with Crippen molar-refractivity contribution in [1.82, 2.24) is 10.2 Å². The van der Waals surface area contributed by atoms with Crippen molar-refractivity contribution in [2.45, 2.75) is 89.2 Å². The molecule has 2 saturated heterocycles.